The van der Waals surface area contributed by atoms with Gasteiger partial charge < -0.3 is 4.74 Å². The molecule has 3 heteroatoms. The molecule has 21 heavy (non-hydrogen) atoms. The third-order valence-electron chi connectivity index (χ3n) is 5.20. The van der Waals surface area contributed by atoms with E-state index < -0.39 is 5.54 Å². The molecule has 2 saturated carbocycles. The Kier molecular flexibility index (Phi) is 6.09. The van der Waals surface area contributed by atoms with Crippen molar-refractivity contribution in [2.24, 2.45) is 11.8 Å². The van der Waals surface area contributed by atoms with Crippen LogP contribution in [-0.4, -0.2) is 24.2 Å². The first-order chi connectivity index (χ1) is 10.1. The maximum atomic E-state index is 12.7. The molecule has 0 aromatic carbocycles. The topological polar surface area (TPSA) is 38.3 Å². The Balaban J connectivity index is 2.12. The van der Waals surface area contributed by atoms with Crippen molar-refractivity contribution in [2.45, 2.75) is 90.1 Å². The summed E-state index contributed by atoms with van der Waals surface area (Å²) in [7, 11) is 0. The minimum Gasteiger partial charge on any atom is -0.465 e. The third kappa shape index (κ3) is 4.45. The first-order valence-corrected chi connectivity index (χ1v) is 9.00. The number of hydrogen-bond acceptors (Lipinski definition) is 3. The Morgan fingerprint density at radius 2 is 1.67 bits per heavy atom. The van der Waals surface area contributed by atoms with Crippen LogP contribution in [0.1, 0.15) is 78.6 Å². The number of hydrogen-bond donors (Lipinski definition) is 1. The molecule has 0 radical (unpaired) electrons. The summed E-state index contributed by atoms with van der Waals surface area (Å²) in [6.45, 7) is 6.94. The van der Waals surface area contributed by atoms with E-state index in [4.69, 9.17) is 4.74 Å². The zero-order valence-electron chi connectivity index (χ0n) is 14.1. The molecule has 0 aromatic heterocycles. The zero-order valence-corrected chi connectivity index (χ0v) is 14.1. The molecule has 2 aliphatic carbocycles. The number of carbonyl (C=O) groups excluding carboxylic acids is 1. The molecule has 2 unspecified atom stereocenters. The molecular formula is C18H33NO2. The van der Waals surface area contributed by atoms with Crippen molar-refractivity contribution in [3.05, 3.63) is 0 Å². The predicted molar refractivity (Wildman–Crippen MR) is 86.2 cm³/mol. The lowest BCUT2D eigenvalue weighted by atomic mass is 9.71. The number of ether oxygens (including phenoxy) is 1. The second kappa shape index (κ2) is 7.62. The highest BCUT2D eigenvalue weighted by Gasteiger charge is 2.46. The van der Waals surface area contributed by atoms with E-state index in [0.717, 1.165) is 12.8 Å². The van der Waals surface area contributed by atoms with E-state index in [9.17, 15) is 4.79 Å². The van der Waals surface area contributed by atoms with Crippen molar-refractivity contribution in [3.8, 4) is 0 Å². The van der Waals surface area contributed by atoms with Crippen LogP contribution in [0.3, 0.4) is 0 Å². The lowest BCUT2D eigenvalue weighted by Crippen LogP contribution is -2.59. The molecule has 0 spiro atoms. The van der Waals surface area contributed by atoms with Gasteiger partial charge in [-0.05, 0) is 50.9 Å². The van der Waals surface area contributed by atoms with Gasteiger partial charge in [0.25, 0.3) is 0 Å². The third-order valence-corrected chi connectivity index (χ3v) is 5.20. The van der Waals surface area contributed by atoms with Crippen LogP contribution in [-0.2, 0) is 9.53 Å². The summed E-state index contributed by atoms with van der Waals surface area (Å²) >= 11 is 0. The Hall–Kier alpha value is -0.570. The number of nitrogens with one attached hydrogen (secondary N) is 1. The van der Waals surface area contributed by atoms with Crippen molar-refractivity contribution in [2.75, 3.05) is 6.61 Å². The Bertz CT molecular complexity index is 324. The molecule has 2 atom stereocenters. The molecule has 2 fully saturated rings. The maximum Gasteiger partial charge on any atom is 0.326 e. The number of rotatable bonds is 4. The first-order valence-electron chi connectivity index (χ1n) is 9.00. The van der Waals surface area contributed by atoms with Crippen LogP contribution in [0.25, 0.3) is 0 Å². The average molecular weight is 295 g/mol. The van der Waals surface area contributed by atoms with Gasteiger partial charge in [0.15, 0.2) is 0 Å². The van der Waals surface area contributed by atoms with Crippen LogP contribution in [0.5, 0.6) is 0 Å². The second-order valence-electron chi connectivity index (χ2n) is 7.49. The highest BCUT2D eigenvalue weighted by molar-refractivity contribution is 5.81. The minimum atomic E-state index is -0.428. The van der Waals surface area contributed by atoms with Crippen molar-refractivity contribution >= 4 is 5.97 Å². The van der Waals surface area contributed by atoms with Crippen LogP contribution < -0.4 is 5.32 Å². The predicted octanol–water partition coefficient (Wildman–Crippen LogP) is 4.06. The molecular weight excluding hydrogens is 262 g/mol. The standard InChI is InChI=1S/C18H33NO2/c1-4-21-17(20)18(12-14(2)11-15(3)13-18)19-16-9-7-5-6-8-10-16/h14-16,19H,4-13H2,1-3H3. The summed E-state index contributed by atoms with van der Waals surface area (Å²) in [6.07, 6.45) is 10.8. The van der Waals surface area contributed by atoms with Crippen LogP contribution in [0.4, 0.5) is 0 Å². The summed E-state index contributed by atoms with van der Waals surface area (Å²) < 4.78 is 5.45. The SMILES string of the molecule is CCOC(=O)C1(NC2CCCCCC2)CC(C)CC(C)C1. The monoisotopic (exact) mass is 295 g/mol. The van der Waals surface area contributed by atoms with E-state index in [2.05, 4.69) is 19.2 Å². The quantitative estimate of drug-likeness (QED) is 0.628. The molecule has 3 nitrogen and oxygen atoms in total. The lowest BCUT2D eigenvalue weighted by molar-refractivity contribution is -0.155. The van der Waals surface area contributed by atoms with Gasteiger partial charge in [-0.15, -0.1) is 0 Å². The molecule has 2 aliphatic rings. The maximum absolute atomic E-state index is 12.7. The van der Waals surface area contributed by atoms with Crippen molar-refractivity contribution in [1.29, 1.82) is 0 Å². The van der Waals surface area contributed by atoms with E-state index in [0.29, 0.717) is 24.5 Å². The summed E-state index contributed by atoms with van der Waals surface area (Å²) in [4.78, 5) is 12.7. The van der Waals surface area contributed by atoms with Gasteiger partial charge >= 0.3 is 5.97 Å². The Morgan fingerprint density at radius 1 is 1.10 bits per heavy atom. The minimum absolute atomic E-state index is 0.00681. The lowest BCUT2D eigenvalue weighted by Gasteiger charge is -2.43. The van der Waals surface area contributed by atoms with E-state index in [-0.39, 0.29) is 5.97 Å². The molecule has 2 rings (SSSR count). The summed E-state index contributed by atoms with van der Waals surface area (Å²) in [5.41, 5.74) is -0.428. The smallest absolute Gasteiger partial charge is 0.326 e. The Labute approximate surface area is 130 Å². The molecule has 0 amide bonds. The second-order valence-corrected chi connectivity index (χ2v) is 7.49. The molecule has 0 aliphatic heterocycles. The fraction of sp³-hybridized carbons (Fsp3) is 0.944. The number of esters is 1. The molecule has 0 saturated heterocycles. The fourth-order valence-corrected chi connectivity index (χ4v) is 4.55. The molecule has 1 N–H and O–H groups in total. The van der Waals surface area contributed by atoms with Gasteiger partial charge in [0, 0.05) is 6.04 Å². The van der Waals surface area contributed by atoms with Gasteiger partial charge in [-0.3, -0.25) is 10.1 Å². The van der Waals surface area contributed by atoms with Crippen molar-refractivity contribution in [3.63, 3.8) is 0 Å². The van der Waals surface area contributed by atoms with Gasteiger partial charge in [0.2, 0.25) is 0 Å². The van der Waals surface area contributed by atoms with E-state index in [1.165, 1.54) is 44.9 Å². The fourth-order valence-electron chi connectivity index (χ4n) is 4.55. The van der Waals surface area contributed by atoms with Crippen molar-refractivity contribution in [1.82, 2.24) is 5.32 Å². The van der Waals surface area contributed by atoms with Gasteiger partial charge in [-0.1, -0.05) is 39.5 Å². The number of carbonyl (C=O) groups is 1. The van der Waals surface area contributed by atoms with Crippen LogP contribution in [0, 0.1) is 11.8 Å². The first kappa shape index (κ1) is 16.8. The molecule has 0 heterocycles. The van der Waals surface area contributed by atoms with Gasteiger partial charge in [-0.2, -0.15) is 0 Å². The van der Waals surface area contributed by atoms with Crippen LogP contribution >= 0.6 is 0 Å². The zero-order chi connectivity index (χ0) is 15.3. The summed E-state index contributed by atoms with van der Waals surface area (Å²) in [5, 5.41) is 3.78. The van der Waals surface area contributed by atoms with E-state index in [1.807, 2.05) is 6.92 Å². The highest BCUT2D eigenvalue weighted by atomic mass is 16.5. The van der Waals surface area contributed by atoms with Crippen molar-refractivity contribution < 1.29 is 9.53 Å². The molecule has 0 bridgehead atoms. The molecule has 0 aromatic rings. The van der Waals surface area contributed by atoms with Gasteiger partial charge in [0.05, 0.1) is 6.61 Å². The highest BCUT2D eigenvalue weighted by Crippen LogP contribution is 2.38. The van der Waals surface area contributed by atoms with Gasteiger partial charge in [-0.25, -0.2) is 0 Å². The van der Waals surface area contributed by atoms with Crippen LogP contribution in [0.15, 0.2) is 0 Å². The van der Waals surface area contributed by atoms with Crippen LogP contribution in [0.2, 0.25) is 0 Å². The van der Waals surface area contributed by atoms with E-state index >= 15 is 0 Å². The normalized spacial score (nSPS) is 35.2. The van der Waals surface area contributed by atoms with Gasteiger partial charge in [0.1, 0.15) is 5.54 Å². The largest absolute Gasteiger partial charge is 0.465 e. The van der Waals surface area contributed by atoms with E-state index in [1.54, 1.807) is 0 Å². The summed E-state index contributed by atoms with van der Waals surface area (Å²) in [5.74, 6) is 1.18. The Morgan fingerprint density at radius 3 is 2.19 bits per heavy atom. The molecule has 122 valence electrons. The average Bonchev–Trinajstić information content (AvgIpc) is 2.66. The summed E-state index contributed by atoms with van der Waals surface area (Å²) in [6, 6.07) is 0.495.